The van der Waals surface area contributed by atoms with Gasteiger partial charge in [-0.1, -0.05) is 18.2 Å². The molecule has 19 heavy (non-hydrogen) atoms. The summed E-state index contributed by atoms with van der Waals surface area (Å²) in [6, 6.07) is 8.53. The van der Waals surface area contributed by atoms with Crippen LogP contribution >= 0.6 is 11.3 Å². The van der Waals surface area contributed by atoms with Gasteiger partial charge in [-0.15, -0.1) is 11.3 Å². The molecule has 2 rings (SSSR count). The van der Waals surface area contributed by atoms with E-state index in [0.717, 1.165) is 0 Å². The summed E-state index contributed by atoms with van der Waals surface area (Å²) >= 11 is 1.79. The SMILES string of the molecule is Cc1c(C(C)N[S@](=O)C(C)(C)C)sc2ccccc12. The molecule has 0 spiro atoms. The largest absolute Gasteiger partial charge is 0.242 e. The zero-order valence-electron chi connectivity index (χ0n) is 12.1. The maximum Gasteiger partial charge on any atom is 0.0976 e. The molecular weight excluding hydrogens is 274 g/mol. The second-order valence-electron chi connectivity index (χ2n) is 5.81. The summed E-state index contributed by atoms with van der Waals surface area (Å²) in [5.41, 5.74) is 1.30. The molecule has 2 atom stereocenters. The molecule has 0 bridgehead atoms. The number of hydrogen-bond donors (Lipinski definition) is 1. The summed E-state index contributed by atoms with van der Waals surface area (Å²) in [5, 5.41) is 1.30. The molecule has 1 heterocycles. The molecule has 2 nitrogen and oxygen atoms in total. The fourth-order valence-electron chi connectivity index (χ4n) is 2.00. The summed E-state index contributed by atoms with van der Waals surface area (Å²) in [5.74, 6) is 0. The third kappa shape index (κ3) is 3.07. The molecule has 0 aliphatic heterocycles. The minimum absolute atomic E-state index is 0.109. The standard InChI is InChI=1S/C15H21NOS2/c1-10-12-8-6-7-9-13(12)18-14(10)11(2)16-19(17)15(3,4)5/h6-9,11,16H,1-5H3/t11?,19-/m1/s1. The molecule has 0 aliphatic rings. The highest BCUT2D eigenvalue weighted by Gasteiger charge is 2.23. The molecule has 0 aliphatic carbocycles. The van der Waals surface area contributed by atoms with Gasteiger partial charge in [-0.05, 0) is 51.6 Å². The molecule has 0 fully saturated rings. The van der Waals surface area contributed by atoms with Gasteiger partial charge >= 0.3 is 0 Å². The molecule has 104 valence electrons. The van der Waals surface area contributed by atoms with Crippen LogP contribution in [0, 0.1) is 6.92 Å². The van der Waals surface area contributed by atoms with E-state index in [1.807, 2.05) is 20.8 Å². The summed E-state index contributed by atoms with van der Waals surface area (Å²) < 4.78 is 16.5. The molecular formula is C15H21NOS2. The first-order chi connectivity index (χ1) is 8.80. The van der Waals surface area contributed by atoms with Crippen molar-refractivity contribution in [1.82, 2.24) is 4.72 Å². The van der Waals surface area contributed by atoms with E-state index in [9.17, 15) is 4.21 Å². The Hall–Kier alpha value is -0.710. The van der Waals surface area contributed by atoms with Gasteiger partial charge in [-0.25, -0.2) is 8.93 Å². The fourth-order valence-corrected chi connectivity index (χ4v) is 4.08. The van der Waals surface area contributed by atoms with Crippen molar-refractivity contribution in [2.24, 2.45) is 0 Å². The van der Waals surface area contributed by atoms with Crippen LogP contribution in [-0.4, -0.2) is 8.96 Å². The van der Waals surface area contributed by atoms with E-state index in [-0.39, 0.29) is 10.8 Å². The first kappa shape index (κ1) is 14.7. The Labute approximate surface area is 121 Å². The van der Waals surface area contributed by atoms with Crippen LogP contribution in [0.3, 0.4) is 0 Å². The first-order valence-electron chi connectivity index (χ1n) is 6.47. The lowest BCUT2D eigenvalue weighted by atomic mass is 10.1. The molecule has 2 aromatic rings. The van der Waals surface area contributed by atoms with Gasteiger partial charge in [0.15, 0.2) is 0 Å². The fraction of sp³-hybridized carbons (Fsp3) is 0.467. The summed E-state index contributed by atoms with van der Waals surface area (Å²) in [4.78, 5) is 1.28. The smallest absolute Gasteiger partial charge is 0.0976 e. The van der Waals surface area contributed by atoms with Gasteiger partial charge in [0, 0.05) is 9.58 Å². The third-order valence-corrected chi connectivity index (χ3v) is 6.25. The van der Waals surface area contributed by atoms with E-state index in [1.165, 1.54) is 20.5 Å². The minimum Gasteiger partial charge on any atom is -0.242 e. The van der Waals surface area contributed by atoms with E-state index >= 15 is 0 Å². The van der Waals surface area contributed by atoms with Crippen LogP contribution in [0.25, 0.3) is 10.1 Å². The van der Waals surface area contributed by atoms with Gasteiger partial charge in [0.05, 0.1) is 21.8 Å². The maximum atomic E-state index is 12.2. The second kappa shape index (κ2) is 5.35. The van der Waals surface area contributed by atoms with Crippen LogP contribution in [0.15, 0.2) is 24.3 Å². The number of nitrogens with one attached hydrogen (secondary N) is 1. The highest BCUT2D eigenvalue weighted by Crippen LogP contribution is 2.34. The zero-order chi connectivity index (χ0) is 14.2. The number of aryl methyl sites for hydroxylation is 1. The number of benzene rings is 1. The van der Waals surface area contributed by atoms with Gasteiger partial charge in [0.2, 0.25) is 0 Å². The van der Waals surface area contributed by atoms with E-state index in [1.54, 1.807) is 11.3 Å². The summed E-state index contributed by atoms with van der Waals surface area (Å²) in [6.45, 7) is 10.2. The lowest BCUT2D eigenvalue weighted by molar-refractivity contribution is 0.618. The molecule has 0 saturated carbocycles. The van der Waals surface area contributed by atoms with Crippen molar-refractivity contribution in [2.75, 3.05) is 0 Å². The van der Waals surface area contributed by atoms with Crippen LogP contribution in [-0.2, 0) is 11.0 Å². The van der Waals surface area contributed by atoms with E-state index in [2.05, 4.69) is 42.8 Å². The van der Waals surface area contributed by atoms with Crippen molar-refractivity contribution in [3.05, 3.63) is 34.7 Å². The average Bonchev–Trinajstić information content (AvgIpc) is 2.66. The molecule has 1 N–H and O–H groups in total. The quantitative estimate of drug-likeness (QED) is 0.897. The van der Waals surface area contributed by atoms with Crippen molar-refractivity contribution in [1.29, 1.82) is 0 Å². The molecule has 1 unspecified atom stereocenters. The highest BCUT2D eigenvalue weighted by atomic mass is 32.2. The Balaban J connectivity index is 2.29. The monoisotopic (exact) mass is 295 g/mol. The van der Waals surface area contributed by atoms with Gasteiger partial charge in [-0.3, -0.25) is 0 Å². The second-order valence-corrected chi connectivity index (χ2v) is 8.89. The minimum atomic E-state index is -1.04. The highest BCUT2D eigenvalue weighted by molar-refractivity contribution is 7.84. The Bertz CT molecular complexity index is 610. The molecule has 4 heteroatoms. The number of hydrogen-bond acceptors (Lipinski definition) is 2. The number of rotatable bonds is 3. The van der Waals surface area contributed by atoms with Crippen molar-refractivity contribution >= 4 is 32.4 Å². The zero-order valence-corrected chi connectivity index (χ0v) is 13.7. The Morgan fingerprint density at radius 1 is 1.26 bits per heavy atom. The van der Waals surface area contributed by atoms with Gasteiger partial charge in [0.25, 0.3) is 0 Å². The lowest BCUT2D eigenvalue weighted by Gasteiger charge is -2.21. The average molecular weight is 295 g/mol. The van der Waals surface area contributed by atoms with Crippen molar-refractivity contribution in [3.8, 4) is 0 Å². The third-order valence-electron chi connectivity index (χ3n) is 3.11. The molecule has 0 saturated heterocycles. The molecule has 1 aromatic heterocycles. The van der Waals surface area contributed by atoms with Gasteiger partial charge in [0.1, 0.15) is 0 Å². The molecule has 1 aromatic carbocycles. The Morgan fingerprint density at radius 3 is 2.47 bits per heavy atom. The Morgan fingerprint density at radius 2 is 1.89 bits per heavy atom. The van der Waals surface area contributed by atoms with Gasteiger partial charge < -0.3 is 0 Å². The van der Waals surface area contributed by atoms with E-state index in [4.69, 9.17) is 0 Å². The van der Waals surface area contributed by atoms with Crippen LogP contribution in [0.5, 0.6) is 0 Å². The van der Waals surface area contributed by atoms with Crippen molar-refractivity contribution in [2.45, 2.75) is 45.4 Å². The first-order valence-corrected chi connectivity index (χ1v) is 8.43. The predicted molar refractivity (Wildman–Crippen MR) is 86.0 cm³/mol. The van der Waals surface area contributed by atoms with Crippen LogP contribution in [0.4, 0.5) is 0 Å². The maximum absolute atomic E-state index is 12.2. The lowest BCUT2D eigenvalue weighted by Crippen LogP contribution is -2.34. The van der Waals surface area contributed by atoms with Crippen LogP contribution < -0.4 is 4.72 Å². The topological polar surface area (TPSA) is 29.1 Å². The van der Waals surface area contributed by atoms with Crippen molar-refractivity contribution < 1.29 is 4.21 Å². The molecule has 0 radical (unpaired) electrons. The number of thiophene rings is 1. The normalized spacial score (nSPS) is 15.6. The van der Waals surface area contributed by atoms with Crippen LogP contribution in [0.2, 0.25) is 0 Å². The Kier molecular flexibility index (Phi) is 4.14. The predicted octanol–water partition coefficient (Wildman–Crippen LogP) is 4.32. The van der Waals surface area contributed by atoms with Gasteiger partial charge in [-0.2, -0.15) is 0 Å². The van der Waals surface area contributed by atoms with E-state index in [0.29, 0.717) is 0 Å². The van der Waals surface area contributed by atoms with Crippen molar-refractivity contribution in [3.63, 3.8) is 0 Å². The van der Waals surface area contributed by atoms with Crippen LogP contribution in [0.1, 0.15) is 44.2 Å². The number of fused-ring (bicyclic) bond motifs is 1. The molecule has 0 amide bonds. The summed E-state index contributed by atoms with van der Waals surface area (Å²) in [6.07, 6.45) is 0. The van der Waals surface area contributed by atoms with E-state index < -0.39 is 11.0 Å². The summed E-state index contributed by atoms with van der Waals surface area (Å²) in [7, 11) is -1.04.